The molecule has 1 aliphatic rings. The van der Waals surface area contributed by atoms with Crippen molar-refractivity contribution in [2.24, 2.45) is 0 Å². The van der Waals surface area contributed by atoms with Crippen molar-refractivity contribution in [2.75, 3.05) is 31.1 Å². The minimum Gasteiger partial charge on any atom is -0.353 e. The maximum Gasteiger partial charge on any atom is 0.237 e. The first-order valence-electron chi connectivity index (χ1n) is 8.40. The van der Waals surface area contributed by atoms with Gasteiger partial charge in [0, 0.05) is 45.1 Å². The summed E-state index contributed by atoms with van der Waals surface area (Å²) < 4.78 is 12.9. The lowest BCUT2D eigenvalue weighted by Gasteiger charge is -2.37. The van der Waals surface area contributed by atoms with Crippen LogP contribution in [0.25, 0.3) is 0 Å². The number of piperazine rings is 1. The molecule has 1 aromatic heterocycles. The van der Waals surface area contributed by atoms with E-state index in [1.807, 2.05) is 6.92 Å². The average molecular weight is 343 g/mol. The number of aromatic nitrogens is 2. The lowest BCUT2D eigenvalue weighted by atomic mass is 10.2. The van der Waals surface area contributed by atoms with E-state index in [-0.39, 0.29) is 17.8 Å². The second kappa shape index (κ2) is 8.02. The van der Waals surface area contributed by atoms with Crippen LogP contribution in [0, 0.1) is 5.82 Å². The Hall–Kier alpha value is -2.54. The lowest BCUT2D eigenvalue weighted by Crippen LogP contribution is -2.54. The Labute approximate surface area is 146 Å². The SMILES string of the molecule is CC(C(=O)NCc1ccc(F)cc1)N1CCN(c2cnccn2)CC1. The average Bonchev–Trinajstić information content (AvgIpc) is 2.67. The molecular formula is C18H22FN5O. The Kier molecular flexibility index (Phi) is 5.55. The number of nitrogens with zero attached hydrogens (tertiary/aromatic N) is 4. The fraction of sp³-hybridized carbons (Fsp3) is 0.389. The first kappa shape index (κ1) is 17.3. The van der Waals surface area contributed by atoms with E-state index in [4.69, 9.17) is 0 Å². The van der Waals surface area contributed by atoms with Gasteiger partial charge in [0.25, 0.3) is 0 Å². The number of carbonyl (C=O) groups excluding carboxylic acids is 1. The molecule has 2 heterocycles. The van der Waals surface area contributed by atoms with Crippen LogP contribution in [0.4, 0.5) is 10.2 Å². The van der Waals surface area contributed by atoms with E-state index in [1.165, 1.54) is 12.1 Å². The number of halogens is 1. The number of hydrogen-bond donors (Lipinski definition) is 1. The van der Waals surface area contributed by atoms with Crippen LogP contribution >= 0.6 is 0 Å². The van der Waals surface area contributed by atoms with Gasteiger partial charge < -0.3 is 10.2 Å². The van der Waals surface area contributed by atoms with E-state index in [1.54, 1.807) is 30.7 Å². The summed E-state index contributed by atoms with van der Waals surface area (Å²) in [6.45, 7) is 5.53. The molecule has 2 aromatic rings. The van der Waals surface area contributed by atoms with E-state index < -0.39 is 0 Å². The van der Waals surface area contributed by atoms with Gasteiger partial charge in [0.15, 0.2) is 0 Å². The lowest BCUT2D eigenvalue weighted by molar-refractivity contribution is -0.126. The summed E-state index contributed by atoms with van der Waals surface area (Å²) in [4.78, 5) is 25.1. The Morgan fingerprint density at radius 2 is 1.92 bits per heavy atom. The summed E-state index contributed by atoms with van der Waals surface area (Å²) in [6, 6.07) is 5.96. The van der Waals surface area contributed by atoms with E-state index in [2.05, 4.69) is 25.1 Å². The number of benzene rings is 1. The van der Waals surface area contributed by atoms with Crippen LogP contribution in [-0.4, -0.2) is 53.0 Å². The second-order valence-corrected chi connectivity index (χ2v) is 6.11. The summed E-state index contributed by atoms with van der Waals surface area (Å²) in [5.41, 5.74) is 0.884. The number of hydrogen-bond acceptors (Lipinski definition) is 5. The Bertz CT molecular complexity index is 686. The maximum absolute atomic E-state index is 12.9. The zero-order valence-electron chi connectivity index (χ0n) is 14.2. The minimum absolute atomic E-state index is 0.0164. The molecule has 25 heavy (non-hydrogen) atoms. The summed E-state index contributed by atoms with van der Waals surface area (Å²) in [7, 11) is 0. The zero-order chi connectivity index (χ0) is 17.6. The molecular weight excluding hydrogens is 321 g/mol. The third-order valence-corrected chi connectivity index (χ3v) is 4.49. The Balaban J connectivity index is 1.47. The molecule has 1 fully saturated rings. The molecule has 3 rings (SSSR count). The van der Waals surface area contributed by atoms with Crippen molar-refractivity contribution in [1.29, 1.82) is 0 Å². The third kappa shape index (κ3) is 4.51. The zero-order valence-corrected chi connectivity index (χ0v) is 14.2. The van der Waals surface area contributed by atoms with E-state index in [9.17, 15) is 9.18 Å². The van der Waals surface area contributed by atoms with Gasteiger partial charge in [-0.2, -0.15) is 0 Å². The van der Waals surface area contributed by atoms with Crippen molar-refractivity contribution >= 4 is 11.7 Å². The van der Waals surface area contributed by atoms with Gasteiger partial charge in [-0.05, 0) is 24.6 Å². The van der Waals surface area contributed by atoms with Gasteiger partial charge in [-0.15, -0.1) is 0 Å². The highest BCUT2D eigenvalue weighted by Crippen LogP contribution is 2.13. The topological polar surface area (TPSA) is 61.4 Å². The molecule has 1 saturated heterocycles. The molecule has 1 amide bonds. The Morgan fingerprint density at radius 3 is 2.56 bits per heavy atom. The van der Waals surface area contributed by atoms with Crippen molar-refractivity contribution < 1.29 is 9.18 Å². The quantitative estimate of drug-likeness (QED) is 0.890. The molecule has 1 aliphatic heterocycles. The van der Waals surface area contributed by atoms with Crippen molar-refractivity contribution in [3.8, 4) is 0 Å². The van der Waals surface area contributed by atoms with Crippen molar-refractivity contribution in [2.45, 2.75) is 19.5 Å². The largest absolute Gasteiger partial charge is 0.353 e. The maximum atomic E-state index is 12.9. The second-order valence-electron chi connectivity index (χ2n) is 6.11. The number of amides is 1. The fourth-order valence-electron chi connectivity index (χ4n) is 2.90. The first-order valence-corrected chi connectivity index (χ1v) is 8.40. The van der Waals surface area contributed by atoms with Crippen LogP contribution in [0.2, 0.25) is 0 Å². The first-order chi connectivity index (χ1) is 12.1. The summed E-state index contributed by atoms with van der Waals surface area (Å²) in [5.74, 6) is 0.581. The summed E-state index contributed by atoms with van der Waals surface area (Å²) in [5, 5.41) is 2.92. The van der Waals surface area contributed by atoms with E-state index >= 15 is 0 Å². The van der Waals surface area contributed by atoms with Gasteiger partial charge in [0.1, 0.15) is 11.6 Å². The van der Waals surface area contributed by atoms with Gasteiger partial charge in [-0.1, -0.05) is 12.1 Å². The van der Waals surface area contributed by atoms with Gasteiger partial charge in [0.05, 0.1) is 12.2 Å². The third-order valence-electron chi connectivity index (χ3n) is 4.49. The molecule has 1 N–H and O–H groups in total. The van der Waals surface area contributed by atoms with Crippen molar-refractivity contribution in [1.82, 2.24) is 20.2 Å². The predicted octanol–water partition coefficient (Wildman–Crippen LogP) is 1.44. The van der Waals surface area contributed by atoms with Crippen LogP contribution in [0.15, 0.2) is 42.9 Å². The number of rotatable bonds is 5. The van der Waals surface area contributed by atoms with Crippen LogP contribution in [0.3, 0.4) is 0 Å². The fourth-order valence-corrected chi connectivity index (χ4v) is 2.90. The summed E-state index contributed by atoms with van der Waals surface area (Å²) >= 11 is 0. The van der Waals surface area contributed by atoms with E-state index in [0.717, 1.165) is 37.6 Å². The number of anilines is 1. The van der Waals surface area contributed by atoms with Crippen LogP contribution in [0.5, 0.6) is 0 Å². The monoisotopic (exact) mass is 343 g/mol. The van der Waals surface area contributed by atoms with Gasteiger partial charge in [0.2, 0.25) is 5.91 Å². The molecule has 0 spiro atoms. The highest BCUT2D eigenvalue weighted by atomic mass is 19.1. The number of nitrogens with one attached hydrogen (secondary N) is 1. The van der Waals surface area contributed by atoms with Crippen molar-refractivity contribution in [3.63, 3.8) is 0 Å². The summed E-state index contributed by atoms with van der Waals surface area (Å²) in [6.07, 6.45) is 5.11. The highest BCUT2D eigenvalue weighted by Gasteiger charge is 2.25. The van der Waals surface area contributed by atoms with Crippen molar-refractivity contribution in [3.05, 3.63) is 54.2 Å². The predicted molar refractivity (Wildman–Crippen MR) is 93.5 cm³/mol. The van der Waals surface area contributed by atoms with Gasteiger partial charge >= 0.3 is 0 Å². The van der Waals surface area contributed by atoms with Gasteiger partial charge in [-0.25, -0.2) is 9.37 Å². The molecule has 132 valence electrons. The minimum atomic E-state index is -0.274. The standard InChI is InChI=1S/C18H22FN5O/c1-14(18(25)22-12-15-2-4-16(19)5-3-15)23-8-10-24(11-9-23)17-13-20-6-7-21-17/h2-7,13-14H,8-12H2,1H3,(H,22,25). The van der Waals surface area contributed by atoms with E-state index in [0.29, 0.717) is 6.54 Å². The van der Waals surface area contributed by atoms with Gasteiger partial charge in [-0.3, -0.25) is 14.7 Å². The molecule has 1 atom stereocenters. The highest BCUT2D eigenvalue weighted by molar-refractivity contribution is 5.81. The Morgan fingerprint density at radius 1 is 1.20 bits per heavy atom. The van der Waals surface area contributed by atoms with Crippen LogP contribution in [0.1, 0.15) is 12.5 Å². The molecule has 0 aliphatic carbocycles. The number of carbonyl (C=O) groups is 1. The molecule has 6 nitrogen and oxygen atoms in total. The molecule has 0 saturated carbocycles. The molecule has 1 unspecified atom stereocenters. The molecule has 0 radical (unpaired) electrons. The molecule has 7 heteroatoms. The normalized spacial score (nSPS) is 16.5. The van der Waals surface area contributed by atoms with Crippen LogP contribution < -0.4 is 10.2 Å². The van der Waals surface area contributed by atoms with Crippen LogP contribution in [-0.2, 0) is 11.3 Å². The smallest absolute Gasteiger partial charge is 0.237 e. The molecule has 1 aromatic carbocycles. The molecule has 0 bridgehead atoms.